The van der Waals surface area contributed by atoms with Gasteiger partial charge in [-0.25, -0.2) is 9.59 Å². The zero-order valence-corrected chi connectivity index (χ0v) is 6.87. The molecule has 0 saturated carbocycles. The van der Waals surface area contributed by atoms with Crippen molar-refractivity contribution in [1.82, 2.24) is 0 Å². The normalized spacial score (nSPS) is 12.8. The molecule has 0 spiro atoms. The lowest BCUT2D eigenvalue weighted by molar-refractivity contribution is -0.133. The SMILES string of the molecule is CC(=C/C(=O)O)/C=C(/C)C(=O)O. The maximum atomic E-state index is 10.3. The Morgan fingerprint density at radius 2 is 1.58 bits per heavy atom. The molecule has 0 fully saturated rings. The molecular formula is C8H10O4. The van der Waals surface area contributed by atoms with Crippen LogP contribution in [0.3, 0.4) is 0 Å². The van der Waals surface area contributed by atoms with Crippen LogP contribution < -0.4 is 0 Å². The standard InChI is InChI=1S/C8H10O4/c1-5(4-7(9)10)3-6(2)8(11)12/h3-4H,1-2H3,(H,9,10)(H,11,12)/b5-4-,6-3-. The average Bonchev–Trinajstić information content (AvgIpc) is 1.84. The highest BCUT2D eigenvalue weighted by atomic mass is 16.4. The van der Waals surface area contributed by atoms with Crippen LogP contribution in [0.2, 0.25) is 0 Å². The molecule has 4 nitrogen and oxygen atoms in total. The van der Waals surface area contributed by atoms with Gasteiger partial charge in [0, 0.05) is 11.6 Å². The minimum absolute atomic E-state index is 0.116. The first-order valence-corrected chi connectivity index (χ1v) is 3.26. The molecule has 0 aromatic rings. The second-order valence-corrected chi connectivity index (χ2v) is 2.36. The maximum Gasteiger partial charge on any atom is 0.331 e. The van der Waals surface area contributed by atoms with Gasteiger partial charge in [-0.15, -0.1) is 0 Å². The molecule has 0 atom stereocenters. The van der Waals surface area contributed by atoms with Gasteiger partial charge in [0.05, 0.1) is 0 Å². The zero-order valence-electron chi connectivity index (χ0n) is 6.87. The lowest BCUT2D eigenvalue weighted by Gasteiger charge is -1.92. The highest BCUT2D eigenvalue weighted by molar-refractivity contribution is 5.87. The number of hydrogen-bond donors (Lipinski definition) is 2. The second-order valence-electron chi connectivity index (χ2n) is 2.36. The summed E-state index contributed by atoms with van der Waals surface area (Å²) in [5, 5.41) is 16.7. The molecule has 0 aliphatic carbocycles. The minimum atomic E-state index is -1.08. The molecule has 0 aliphatic heterocycles. The van der Waals surface area contributed by atoms with Crippen LogP contribution in [0.4, 0.5) is 0 Å². The molecule has 0 aliphatic rings. The van der Waals surface area contributed by atoms with E-state index >= 15 is 0 Å². The van der Waals surface area contributed by atoms with Gasteiger partial charge in [-0.2, -0.15) is 0 Å². The summed E-state index contributed by atoms with van der Waals surface area (Å²) in [6.07, 6.45) is 2.25. The predicted molar refractivity (Wildman–Crippen MR) is 42.8 cm³/mol. The zero-order chi connectivity index (χ0) is 9.72. The van der Waals surface area contributed by atoms with Crippen molar-refractivity contribution in [2.45, 2.75) is 13.8 Å². The van der Waals surface area contributed by atoms with Crippen molar-refractivity contribution in [2.75, 3.05) is 0 Å². The first kappa shape index (κ1) is 10.4. The van der Waals surface area contributed by atoms with Gasteiger partial charge in [0.2, 0.25) is 0 Å². The molecule has 0 aromatic heterocycles. The smallest absolute Gasteiger partial charge is 0.331 e. The number of carboxylic acids is 2. The Labute approximate surface area is 69.8 Å². The van der Waals surface area contributed by atoms with Gasteiger partial charge in [-0.1, -0.05) is 0 Å². The van der Waals surface area contributed by atoms with E-state index in [2.05, 4.69) is 0 Å². The summed E-state index contributed by atoms with van der Waals surface area (Å²) in [7, 11) is 0. The third-order valence-corrected chi connectivity index (χ3v) is 1.13. The van der Waals surface area contributed by atoms with Crippen molar-refractivity contribution in [3.8, 4) is 0 Å². The van der Waals surface area contributed by atoms with E-state index in [-0.39, 0.29) is 5.57 Å². The molecule has 0 unspecified atom stereocenters. The van der Waals surface area contributed by atoms with Crippen molar-refractivity contribution in [1.29, 1.82) is 0 Å². The third kappa shape index (κ3) is 4.27. The highest BCUT2D eigenvalue weighted by Gasteiger charge is 1.99. The molecule has 2 N–H and O–H groups in total. The maximum absolute atomic E-state index is 10.3. The molecule has 0 amide bonds. The number of rotatable bonds is 3. The topological polar surface area (TPSA) is 74.6 Å². The number of aliphatic carboxylic acids is 2. The average molecular weight is 170 g/mol. The molecule has 66 valence electrons. The molecule has 0 saturated heterocycles. The Morgan fingerprint density at radius 1 is 1.08 bits per heavy atom. The molecule has 0 aromatic carbocycles. The largest absolute Gasteiger partial charge is 0.478 e. The third-order valence-electron chi connectivity index (χ3n) is 1.13. The summed E-state index contributed by atoms with van der Waals surface area (Å²) in [6.45, 7) is 2.93. The first-order valence-electron chi connectivity index (χ1n) is 3.26. The fourth-order valence-corrected chi connectivity index (χ4v) is 0.640. The molecule has 0 bridgehead atoms. The van der Waals surface area contributed by atoms with Crippen molar-refractivity contribution >= 4 is 11.9 Å². The summed E-state index contributed by atoms with van der Waals surface area (Å²) in [4.78, 5) is 20.4. The molecule has 12 heavy (non-hydrogen) atoms. The van der Waals surface area contributed by atoms with Crippen LogP contribution in [0.5, 0.6) is 0 Å². The molecule has 0 rings (SSSR count). The Balaban J connectivity index is 4.54. The highest BCUT2D eigenvalue weighted by Crippen LogP contribution is 2.01. The summed E-state index contributed by atoms with van der Waals surface area (Å²) in [5.74, 6) is -2.13. The van der Waals surface area contributed by atoms with E-state index in [1.807, 2.05) is 0 Å². The Hall–Kier alpha value is -1.58. The fraction of sp³-hybridized carbons (Fsp3) is 0.250. The van der Waals surface area contributed by atoms with Crippen LogP contribution in [0.1, 0.15) is 13.8 Å². The summed E-state index contributed by atoms with van der Waals surface area (Å²) in [6, 6.07) is 0. The van der Waals surface area contributed by atoms with Gasteiger partial charge in [0.15, 0.2) is 0 Å². The first-order chi connectivity index (χ1) is 5.43. The lowest BCUT2D eigenvalue weighted by atomic mass is 10.2. The van der Waals surface area contributed by atoms with Crippen molar-refractivity contribution in [3.63, 3.8) is 0 Å². The van der Waals surface area contributed by atoms with E-state index in [4.69, 9.17) is 10.2 Å². The monoisotopic (exact) mass is 170 g/mol. The van der Waals surface area contributed by atoms with Crippen LogP contribution in [-0.2, 0) is 9.59 Å². The second kappa shape index (κ2) is 4.33. The van der Waals surface area contributed by atoms with Crippen LogP contribution in [-0.4, -0.2) is 22.2 Å². The van der Waals surface area contributed by atoms with Gasteiger partial charge in [-0.05, 0) is 25.5 Å². The summed E-state index contributed by atoms with van der Waals surface area (Å²) in [5.41, 5.74) is 0.521. The number of hydrogen-bond acceptors (Lipinski definition) is 2. The van der Waals surface area contributed by atoms with Crippen molar-refractivity contribution in [3.05, 3.63) is 23.3 Å². The molecule has 0 radical (unpaired) electrons. The van der Waals surface area contributed by atoms with Gasteiger partial charge >= 0.3 is 11.9 Å². The van der Waals surface area contributed by atoms with Gasteiger partial charge in [0.1, 0.15) is 0 Å². The van der Waals surface area contributed by atoms with E-state index < -0.39 is 11.9 Å². The fourth-order valence-electron chi connectivity index (χ4n) is 0.640. The molecule has 0 heterocycles. The number of allylic oxidation sites excluding steroid dienone is 2. The Bertz CT molecular complexity index is 260. The van der Waals surface area contributed by atoms with Gasteiger partial charge in [0.25, 0.3) is 0 Å². The predicted octanol–water partition coefficient (Wildman–Crippen LogP) is 1.05. The van der Waals surface area contributed by atoms with E-state index in [0.717, 1.165) is 6.08 Å². The van der Waals surface area contributed by atoms with Crippen molar-refractivity contribution < 1.29 is 19.8 Å². The van der Waals surface area contributed by atoms with E-state index in [0.29, 0.717) is 5.57 Å². The van der Waals surface area contributed by atoms with Crippen LogP contribution in [0.15, 0.2) is 23.3 Å². The summed E-state index contributed by atoms with van der Waals surface area (Å²) >= 11 is 0. The van der Waals surface area contributed by atoms with E-state index in [1.165, 1.54) is 19.9 Å². The van der Waals surface area contributed by atoms with E-state index in [9.17, 15) is 9.59 Å². The number of carbonyl (C=O) groups is 2. The van der Waals surface area contributed by atoms with Gasteiger partial charge < -0.3 is 10.2 Å². The van der Waals surface area contributed by atoms with Crippen LogP contribution in [0.25, 0.3) is 0 Å². The Kier molecular flexibility index (Phi) is 3.76. The lowest BCUT2D eigenvalue weighted by Crippen LogP contribution is -1.96. The van der Waals surface area contributed by atoms with Gasteiger partial charge in [-0.3, -0.25) is 0 Å². The van der Waals surface area contributed by atoms with Crippen LogP contribution in [0, 0.1) is 0 Å². The van der Waals surface area contributed by atoms with Crippen molar-refractivity contribution in [2.24, 2.45) is 0 Å². The van der Waals surface area contributed by atoms with E-state index in [1.54, 1.807) is 0 Å². The summed E-state index contributed by atoms with van der Waals surface area (Å²) < 4.78 is 0. The Morgan fingerprint density at radius 3 is 1.92 bits per heavy atom. The molecule has 4 heteroatoms. The minimum Gasteiger partial charge on any atom is -0.478 e. The molecular weight excluding hydrogens is 160 g/mol. The number of carboxylic acid groups (broad SMARTS) is 2. The quantitative estimate of drug-likeness (QED) is 0.490. The van der Waals surface area contributed by atoms with Crippen LogP contribution >= 0.6 is 0 Å².